The van der Waals surface area contributed by atoms with Crippen LogP contribution in [0.25, 0.3) is 0 Å². The molecule has 15 heavy (non-hydrogen) atoms. The lowest BCUT2D eigenvalue weighted by molar-refractivity contribution is 0.638. The summed E-state index contributed by atoms with van der Waals surface area (Å²) in [6.07, 6.45) is 1.71. The molecule has 1 heterocycles. The summed E-state index contributed by atoms with van der Waals surface area (Å²) in [7, 11) is 2.03. The average Bonchev–Trinajstić information content (AvgIpc) is 2.16. The van der Waals surface area contributed by atoms with E-state index in [0.29, 0.717) is 16.6 Å². The lowest BCUT2D eigenvalue weighted by Crippen LogP contribution is -2.26. The quantitative estimate of drug-likeness (QED) is 0.790. The Bertz CT molecular complexity index is 349. The number of thiocarbonyl (C=S) groups is 1. The normalized spacial score (nSPS) is 10.4. The zero-order valence-electron chi connectivity index (χ0n) is 9.40. The molecule has 0 bridgehead atoms. The van der Waals surface area contributed by atoms with Crippen molar-refractivity contribution in [2.75, 3.05) is 18.5 Å². The molecule has 0 radical (unpaired) electrons. The summed E-state index contributed by atoms with van der Waals surface area (Å²) in [6, 6.07) is 3.89. The van der Waals surface area contributed by atoms with Crippen molar-refractivity contribution in [2.24, 2.45) is 11.7 Å². The molecule has 1 rings (SSSR count). The topological polar surface area (TPSA) is 42.2 Å². The first-order chi connectivity index (χ1) is 7.02. The number of nitrogens with two attached hydrogens (primary N) is 1. The Balaban J connectivity index is 2.97. The summed E-state index contributed by atoms with van der Waals surface area (Å²) in [4.78, 5) is 6.68. The maximum absolute atomic E-state index is 5.63. The van der Waals surface area contributed by atoms with Crippen LogP contribution in [0.5, 0.6) is 0 Å². The lowest BCUT2D eigenvalue weighted by atomic mass is 10.2. The first-order valence-electron chi connectivity index (χ1n) is 4.98. The Labute approximate surface area is 96.3 Å². The maximum Gasteiger partial charge on any atom is 0.124 e. The molecule has 0 aliphatic rings. The molecular weight excluding hydrogens is 206 g/mol. The van der Waals surface area contributed by atoms with Gasteiger partial charge in [-0.1, -0.05) is 26.1 Å². The molecule has 0 aliphatic carbocycles. The number of rotatable bonds is 4. The van der Waals surface area contributed by atoms with E-state index in [1.165, 1.54) is 0 Å². The van der Waals surface area contributed by atoms with E-state index >= 15 is 0 Å². The minimum absolute atomic E-state index is 0.348. The van der Waals surface area contributed by atoms with Crippen molar-refractivity contribution >= 4 is 22.9 Å². The fourth-order valence-electron chi connectivity index (χ4n) is 1.54. The second kappa shape index (κ2) is 5.07. The van der Waals surface area contributed by atoms with Crippen LogP contribution in [0.1, 0.15) is 19.5 Å². The third kappa shape index (κ3) is 3.16. The predicted molar refractivity (Wildman–Crippen MR) is 68.2 cm³/mol. The third-order valence-electron chi connectivity index (χ3n) is 2.07. The highest BCUT2D eigenvalue weighted by Gasteiger charge is 2.10. The maximum atomic E-state index is 5.63. The van der Waals surface area contributed by atoms with Crippen LogP contribution in [0.2, 0.25) is 0 Å². The first kappa shape index (κ1) is 11.9. The second-order valence-electron chi connectivity index (χ2n) is 4.01. The van der Waals surface area contributed by atoms with Crippen molar-refractivity contribution in [1.29, 1.82) is 0 Å². The van der Waals surface area contributed by atoms with Gasteiger partial charge in [-0.05, 0) is 18.1 Å². The van der Waals surface area contributed by atoms with Crippen LogP contribution < -0.4 is 10.6 Å². The van der Waals surface area contributed by atoms with E-state index in [2.05, 4.69) is 23.7 Å². The van der Waals surface area contributed by atoms with Gasteiger partial charge in [0.25, 0.3) is 0 Å². The van der Waals surface area contributed by atoms with Crippen molar-refractivity contribution < 1.29 is 0 Å². The van der Waals surface area contributed by atoms with Crippen LogP contribution in [0.3, 0.4) is 0 Å². The standard InChI is InChI=1S/C11H17N3S/c1-8(2)7-14(3)9-5-4-6-13-10(9)11(12)15/h4-6,8H,7H2,1-3H3,(H2,12,15). The van der Waals surface area contributed by atoms with Crippen LogP contribution in [-0.2, 0) is 0 Å². The van der Waals surface area contributed by atoms with Crippen LogP contribution in [-0.4, -0.2) is 23.6 Å². The summed E-state index contributed by atoms with van der Waals surface area (Å²) < 4.78 is 0. The Morgan fingerprint density at radius 1 is 1.60 bits per heavy atom. The van der Waals surface area contributed by atoms with E-state index in [-0.39, 0.29) is 0 Å². The molecule has 0 aromatic carbocycles. The largest absolute Gasteiger partial charge is 0.388 e. The van der Waals surface area contributed by atoms with Gasteiger partial charge in [-0.15, -0.1) is 0 Å². The summed E-state index contributed by atoms with van der Waals surface area (Å²) >= 11 is 4.97. The Kier molecular flexibility index (Phi) is 4.03. The van der Waals surface area contributed by atoms with E-state index < -0.39 is 0 Å². The number of nitrogens with zero attached hydrogens (tertiary/aromatic N) is 2. The van der Waals surface area contributed by atoms with Crippen molar-refractivity contribution in [3.05, 3.63) is 24.0 Å². The molecule has 2 N–H and O–H groups in total. The van der Waals surface area contributed by atoms with Crippen LogP contribution in [0.4, 0.5) is 5.69 Å². The van der Waals surface area contributed by atoms with Crippen molar-refractivity contribution in [3.8, 4) is 0 Å². The minimum Gasteiger partial charge on any atom is -0.388 e. The molecule has 0 unspecified atom stereocenters. The van der Waals surface area contributed by atoms with E-state index in [0.717, 1.165) is 12.2 Å². The van der Waals surface area contributed by atoms with E-state index in [1.807, 2.05) is 19.2 Å². The van der Waals surface area contributed by atoms with Gasteiger partial charge in [-0.3, -0.25) is 4.98 Å². The van der Waals surface area contributed by atoms with Gasteiger partial charge in [0, 0.05) is 19.8 Å². The van der Waals surface area contributed by atoms with Gasteiger partial charge in [0.15, 0.2) is 0 Å². The number of aromatic nitrogens is 1. The SMILES string of the molecule is CC(C)CN(C)c1cccnc1C(N)=S. The molecule has 1 aromatic heterocycles. The molecular formula is C11H17N3S. The molecule has 0 atom stereocenters. The predicted octanol–water partition coefficient (Wildman–Crippen LogP) is 1.81. The summed E-state index contributed by atoms with van der Waals surface area (Å²) in [5, 5.41) is 0. The van der Waals surface area contributed by atoms with Gasteiger partial charge in [0.2, 0.25) is 0 Å². The highest BCUT2D eigenvalue weighted by molar-refractivity contribution is 7.80. The Hall–Kier alpha value is -1.16. The van der Waals surface area contributed by atoms with E-state index in [9.17, 15) is 0 Å². The molecule has 4 heteroatoms. The summed E-state index contributed by atoms with van der Waals surface area (Å²) in [6.45, 7) is 5.31. The number of hydrogen-bond acceptors (Lipinski definition) is 3. The van der Waals surface area contributed by atoms with Crippen LogP contribution in [0.15, 0.2) is 18.3 Å². The van der Waals surface area contributed by atoms with E-state index in [1.54, 1.807) is 6.20 Å². The number of pyridine rings is 1. The Morgan fingerprint density at radius 3 is 2.80 bits per heavy atom. The summed E-state index contributed by atoms with van der Waals surface area (Å²) in [5.41, 5.74) is 7.33. The van der Waals surface area contributed by atoms with Crippen LogP contribution >= 0.6 is 12.2 Å². The molecule has 1 aromatic rings. The van der Waals surface area contributed by atoms with Gasteiger partial charge in [0.05, 0.1) is 5.69 Å². The fourth-order valence-corrected chi connectivity index (χ4v) is 1.70. The lowest BCUT2D eigenvalue weighted by Gasteiger charge is -2.23. The van der Waals surface area contributed by atoms with Gasteiger partial charge < -0.3 is 10.6 Å². The zero-order valence-corrected chi connectivity index (χ0v) is 10.2. The minimum atomic E-state index is 0.348. The molecule has 0 saturated heterocycles. The van der Waals surface area contributed by atoms with Crippen molar-refractivity contribution in [3.63, 3.8) is 0 Å². The smallest absolute Gasteiger partial charge is 0.124 e. The fraction of sp³-hybridized carbons (Fsp3) is 0.455. The highest BCUT2D eigenvalue weighted by atomic mass is 32.1. The number of anilines is 1. The highest BCUT2D eigenvalue weighted by Crippen LogP contribution is 2.17. The van der Waals surface area contributed by atoms with Gasteiger partial charge >= 0.3 is 0 Å². The summed E-state index contributed by atoms with van der Waals surface area (Å²) in [5.74, 6) is 0.592. The third-order valence-corrected chi connectivity index (χ3v) is 2.26. The molecule has 0 spiro atoms. The molecule has 0 fully saturated rings. The monoisotopic (exact) mass is 223 g/mol. The van der Waals surface area contributed by atoms with Gasteiger partial charge in [0.1, 0.15) is 10.7 Å². The van der Waals surface area contributed by atoms with Gasteiger partial charge in [-0.2, -0.15) is 0 Å². The molecule has 3 nitrogen and oxygen atoms in total. The Morgan fingerprint density at radius 2 is 2.27 bits per heavy atom. The second-order valence-corrected chi connectivity index (χ2v) is 4.45. The van der Waals surface area contributed by atoms with Crippen molar-refractivity contribution in [1.82, 2.24) is 4.98 Å². The van der Waals surface area contributed by atoms with E-state index in [4.69, 9.17) is 18.0 Å². The van der Waals surface area contributed by atoms with Gasteiger partial charge in [-0.25, -0.2) is 0 Å². The first-order valence-corrected chi connectivity index (χ1v) is 5.39. The van der Waals surface area contributed by atoms with Crippen LogP contribution in [0, 0.1) is 5.92 Å². The number of hydrogen-bond donors (Lipinski definition) is 1. The zero-order chi connectivity index (χ0) is 11.4. The average molecular weight is 223 g/mol. The van der Waals surface area contributed by atoms with Crippen molar-refractivity contribution in [2.45, 2.75) is 13.8 Å². The molecule has 0 aliphatic heterocycles. The molecule has 0 amide bonds. The molecule has 0 saturated carbocycles. The molecule has 82 valence electrons.